The summed E-state index contributed by atoms with van der Waals surface area (Å²) in [5.74, 6) is 5.26. The molecule has 5 nitrogen and oxygen atoms in total. The number of nitrogens with one attached hydrogen (secondary N) is 2. The summed E-state index contributed by atoms with van der Waals surface area (Å²) in [6, 6.07) is 7.04. The average Bonchev–Trinajstić information content (AvgIpc) is 2.45. The summed E-state index contributed by atoms with van der Waals surface area (Å²) in [7, 11) is 0. The monoisotopic (exact) mass is 273 g/mol. The third kappa shape index (κ3) is 5.12. The molecule has 0 aromatic heterocycles. The number of carbonyl (C=O) groups excluding carboxylic acids is 2. The summed E-state index contributed by atoms with van der Waals surface area (Å²) in [5, 5.41) is 5.38. The SMILES string of the molecule is CCNC(=O)CCNC(=O)c1ccccc1C#CCN. The fourth-order valence-electron chi connectivity index (χ4n) is 1.61. The molecular formula is C15H19N3O2. The van der Waals surface area contributed by atoms with Gasteiger partial charge in [0.2, 0.25) is 5.91 Å². The fourth-order valence-corrected chi connectivity index (χ4v) is 1.61. The predicted molar refractivity (Wildman–Crippen MR) is 78.0 cm³/mol. The minimum atomic E-state index is -0.240. The lowest BCUT2D eigenvalue weighted by Crippen LogP contribution is -2.30. The molecule has 5 heteroatoms. The fraction of sp³-hybridized carbons (Fsp3) is 0.333. The van der Waals surface area contributed by atoms with Gasteiger partial charge in [0.15, 0.2) is 0 Å². The van der Waals surface area contributed by atoms with Crippen molar-refractivity contribution in [3.05, 3.63) is 35.4 Å². The highest BCUT2D eigenvalue weighted by atomic mass is 16.2. The van der Waals surface area contributed by atoms with Crippen molar-refractivity contribution < 1.29 is 9.59 Å². The van der Waals surface area contributed by atoms with Gasteiger partial charge >= 0.3 is 0 Å². The molecule has 1 aromatic carbocycles. The van der Waals surface area contributed by atoms with Gasteiger partial charge in [0.1, 0.15) is 0 Å². The molecule has 0 bridgehead atoms. The zero-order chi connectivity index (χ0) is 14.8. The Kier molecular flexibility index (Phi) is 6.87. The molecule has 0 spiro atoms. The Balaban J connectivity index is 2.61. The lowest BCUT2D eigenvalue weighted by Gasteiger charge is -2.07. The van der Waals surface area contributed by atoms with Crippen LogP contribution in [0.4, 0.5) is 0 Å². The Morgan fingerprint density at radius 1 is 1.25 bits per heavy atom. The van der Waals surface area contributed by atoms with E-state index in [4.69, 9.17) is 5.73 Å². The number of hydrogen-bond acceptors (Lipinski definition) is 3. The van der Waals surface area contributed by atoms with E-state index < -0.39 is 0 Å². The first-order chi connectivity index (χ1) is 9.69. The zero-order valence-electron chi connectivity index (χ0n) is 11.5. The van der Waals surface area contributed by atoms with Crippen LogP contribution in [0, 0.1) is 11.8 Å². The van der Waals surface area contributed by atoms with Crippen molar-refractivity contribution in [2.45, 2.75) is 13.3 Å². The van der Waals surface area contributed by atoms with Gasteiger partial charge < -0.3 is 16.4 Å². The van der Waals surface area contributed by atoms with Crippen LogP contribution in [0.15, 0.2) is 24.3 Å². The molecule has 0 aliphatic heterocycles. The molecule has 1 aromatic rings. The second kappa shape index (κ2) is 8.73. The van der Waals surface area contributed by atoms with Crippen molar-refractivity contribution in [1.29, 1.82) is 0 Å². The highest BCUT2D eigenvalue weighted by Gasteiger charge is 2.09. The average molecular weight is 273 g/mol. The van der Waals surface area contributed by atoms with Gasteiger partial charge in [-0.25, -0.2) is 0 Å². The van der Waals surface area contributed by atoms with Gasteiger partial charge in [-0.2, -0.15) is 0 Å². The smallest absolute Gasteiger partial charge is 0.252 e. The second-order valence-corrected chi connectivity index (χ2v) is 4.01. The first-order valence-electron chi connectivity index (χ1n) is 6.52. The predicted octanol–water partition coefficient (Wildman–Crippen LogP) is 0.253. The minimum Gasteiger partial charge on any atom is -0.356 e. The standard InChI is InChI=1S/C15H19N3O2/c1-2-17-14(19)9-11-18-15(20)13-8-4-3-6-12(13)7-5-10-16/h3-4,6,8H,2,9-11,16H2,1H3,(H,17,19)(H,18,20). The number of benzene rings is 1. The third-order valence-corrected chi connectivity index (χ3v) is 2.51. The van der Waals surface area contributed by atoms with Gasteiger partial charge in [-0.3, -0.25) is 9.59 Å². The third-order valence-electron chi connectivity index (χ3n) is 2.51. The molecule has 1 rings (SSSR count). The van der Waals surface area contributed by atoms with Crippen molar-refractivity contribution in [2.24, 2.45) is 5.73 Å². The molecule has 0 saturated carbocycles. The highest BCUT2D eigenvalue weighted by Crippen LogP contribution is 2.07. The quantitative estimate of drug-likeness (QED) is 0.672. The number of carbonyl (C=O) groups is 2. The van der Waals surface area contributed by atoms with E-state index in [9.17, 15) is 9.59 Å². The van der Waals surface area contributed by atoms with Crippen molar-refractivity contribution >= 4 is 11.8 Å². The maximum atomic E-state index is 12.0. The van der Waals surface area contributed by atoms with Gasteiger partial charge in [-0.1, -0.05) is 24.0 Å². The Labute approximate surface area is 118 Å². The largest absolute Gasteiger partial charge is 0.356 e. The lowest BCUT2D eigenvalue weighted by molar-refractivity contribution is -0.120. The highest BCUT2D eigenvalue weighted by molar-refractivity contribution is 5.96. The van der Waals surface area contributed by atoms with Gasteiger partial charge in [-0.05, 0) is 19.1 Å². The van der Waals surface area contributed by atoms with Crippen molar-refractivity contribution in [1.82, 2.24) is 10.6 Å². The Morgan fingerprint density at radius 3 is 2.70 bits per heavy atom. The molecule has 0 saturated heterocycles. The van der Waals surface area contributed by atoms with Gasteiger partial charge in [0, 0.05) is 25.1 Å². The normalized spacial score (nSPS) is 9.30. The van der Waals surface area contributed by atoms with Crippen LogP contribution in [0.5, 0.6) is 0 Å². The van der Waals surface area contributed by atoms with E-state index in [1.54, 1.807) is 18.2 Å². The van der Waals surface area contributed by atoms with E-state index in [-0.39, 0.29) is 24.8 Å². The molecule has 0 fully saturated rings. The van der Waals surface area contributed by atoms with E-state index >= 15 is 0 Å². The Morgan fingerprint density at radius 2 is 2.00 bits per heavy atom. The molecule has 0 atom stereocenters. The van der Waals surface area contributed by atoms with Crippen LogP contribution in [-0.4, -0.2) is 31.4 Å². The van der Waals surface area contributed by atoms with Crippen LogP contribution in [-0.2, 0) is 4.79 Å². The molecule has 20 heavy (non-hydrogen) atoms. The maximum Gasteiger partial charge on any atom is 0.252 e. The maximum absolute atomic E-state index is 12.0. The van der Waals surface area contributed by atoms with Crippen molar-refractivity contribution in [3.8, 4) is 11.8 Å². The van der Waals surface area contributed by atoms with Crippen molar-refractivity contribution in [2.75, 3.05) is 19.6 Å². The summed E-state index contributed by atoms with van der Waals surface area (Å²) >= 11 is 0. The second-order valence-electron chi connectivity index (χ2n) is 4.01. The van der Waals surface area contributed by atoms with Crippen LogP contribution in [0.3, 0.4) is 0 Å². The van der Waals surface area contributed by atoms with Crippen molar-refractivity contribution in [3.63, 3.8) is 0 Å². The molecule has 0 radical (unpaired) electrons. The molecular weight excluding hydrogens is 254 g/mol. The van der Waals surface area contributed by atoms with Crippen LogP contribution in [0.25, 0.3) is 0 Å². The molecule has 0 heterocycles. The minimum absolute atomic E-state index is 0.0796. The van der Waals surface area contributed by atoms with Gasteiger partial charge in [-0.15, -0.1) is 0 Å². The first kappa shape index (κ1) is 15.7. The number of hydrogen-bond donors (Lipinski definition) is 3. The topological polar surface area (TPSA) is 84.2 Å². The first-order valence-corrected chi connectivity index (χ1v) is 6.52. The molecule has 4 N–H and O–H groups in total. The number of rotatable bonds is 5. The summed E-state index contributed by atoms with van der Waals surface area (Å²) in [4.78, 5) is 23.3. The van der Waals surface area contributed by atoms with Crippen LogP contribution in [0.2, 0.25) is 0 Å². The Bertz CT molecular complexity index is 529. The van der Waals surface area contributed by atoms with Crippen LogP contribution >= 0.6 is 0 Å². The van der Waals surface area contributed by atoms with Crippen LogP contribution in [0.1, 0.15) is 29.3 Å². The zero-order valence-corrected chi connectivity index (χ0v) is 11.5. The summed E-state index contributed by atoms with van der Waals surface area (Å²) in [5.41, 5.74) is 6.45. The van der Waals surface area contributed by atoms with E-state index in [0.717, 1.165) is 0 Å². The summed E-state index contributed by atoms with van der Waals surface area (Å²) in [6.07, 6.45) is 0.260. The number of nitrogens with two attached hydrogens (primary N) is 1. The summed E-state index contributed by atoms with van der Waals surface area (Å²) in [6.45, 7) is 2.98. The van der Waals surface area contributed by atoms with E-state index in [1.165, 1.54) is 0 Å². The van der Waals surface area contributed by atoms with Gasteiger partial charge in [0.05, 0.1) is 12.1 Å². The van der Waals surface area contributed by atoms with E-state index in [1.807, 2.05) is 13.0 Å². The molecule has 0 aliphatic rings. The van der Waals surface area contributed by atoms with E-state index in [0.29, 0.717) is 24.2 Å². The molecule has 0 unspecified atom stereocenters. The van der Waals surface area contributed by atoms with Crippen LogP contribution < -0.4 is 16.4 Å². The Hall–Kier alpha value is -2.32. The molecule has 2 amide bonds. The summed E-state index contributed by atoms with van der Waals surface area (Å²) < 4.78 is 0. The van der Waals surface area contributed by atoms with Gasteiger partial charge in [0.25, 0.3) is 5.91 Å². The lowest BCUT2D eigenvalue weighted by atomic mass is 10.1. The molecule has 106 valence electrons. The number of amides is 2. The van der Waals surface area contributed by atoms with E-state index in [2.05, 4.69) is 22.5 Å². The molecule has 0 aliphatic carbocycles.